The molecular weight excluding hydrogens is 272 g/mol. The Labute approximate surface area is 120 Å². The Morgan fingerprint density at radius 2 is 1.90 bits per heavy atom. The molecule has 0 aliphatic carbocycles. The van der Waals surface area contributed by atoms with Crippen LogP contribution in [0.2, 0.25) is 0 Å². The van der Waals surface area contributed by atoms with Crippen LogP contribution >= 0.6 is 11.3 Å². The molecule has 0 saturated carbocycles. The van der Waals surface area contributed by atoms with Crippen LogP contribution in [0.15, 0.2) is 52.6 Å². The van der Waals surface area contributed by atoms with E-state index in [1.54, 1.807) is 6.07 Å². The summed E-state index contributed by atoms with van der Waals surface area (Å²) in [6.07, 6.45) is 1.38. The van der Waals surface area contributed by atoms with Gasteiger partial charge >= 0.3 is 5.69 Å². The number of nitrogens with zero attached hydrogens (tertiary/aromatic N) is 1. The molecule has 2 heterocycles. The molecule has 2 aromatic heterocycles. The second kappa shape index (κ2) is 5.38. The van der Waals surface area contributed by atoms with Crippen molar-refractivity contribution in [1.29, 1.82) is 0 Å². The van der Waals surface area contributed by atoms with Crippen LogP contribution in [0.1, 0.15) is 11.3 Å². The first-order chi connectivity index (χ1) is 9.75. The van der Waals surface area contributed by atoms with Crippen molar-refractivity contribution in [3.8, 4) is 10.9 Å². The number of benzene rings is 1. The lowest BCUT2D eigenvalue weighted by Gasteiger charge is -2.01. The maximum absolute atomic E-state index is 11.9. The second-order valence-electron chi connectivity index (χ2n) is 4.50. The van der Waals surface area contributed by atoms with Crippen molar-refractivity contribution in [1.82, 2.24) is 9.55 Å². The van der Waals surface area contributed by atoms with Gasteiger partial charge in [-0.1, -0.05) is 30.3 Å². The van der Waals surface area contributed by atoms with E-state index in [1.807, 2.05) is 41.8 Å². The lowest BCUT2D eigenvalue weighted by atomic mass is 10.1. The largest absolute Gasteiger partial charge is 0.493 e. The lowest BCUT2D eigenvalue weighted by Crippen LogP contribution is -2.13. The number of aromatic hydroxyl groups is 1. The number of H-pyrrole nitrogens is 1. The van der Waals surface area contributed by atoms with Crippen LogP contribution in [0.5, 0.6) is 5.88 Å². The molecule has 0 spiro atoms. The van der Waals surface area contributed by atoms with Gasteiger partial charge in [0.2, 0.25) is 5.88 Å². The zero-order valence-corrected chi connectivity index (χ0v) is 11.6. The molecule has 0 aliphatic rings. The topological polar surface area (TPSA) is 58.0 Å². The summed E-state index contributed by atoms with van der Waals surface area (Å²) in [5.74, 6) is 0.00776. The van der Waals surface area contributed by atoms with E-state index in [4.69, 9.17) is 0 Å². The van der Waals surface area contributed by atoms with Crippen molar-refractivity contribution in [2.24, 2.45) is 0 Å². The third-order valence-corrected chi connectivity index (χ3v) is 4.03. The van der Waals surface area contributed by atoms with Crippen molar-refractivity contribution in [2.45, 2.75) is 12.8 Å². The fourth-order valence-electron chi connectivity index (χ4n) is 2.16. The maximum atomic E-state index is 11.9. The first kappa shape index (κ1) is 12.7. The van der Waals surface area contributed by atoms with Crippen molar-refractivity contribution in [3.05, 3.63) is 69.6 Å². The van der Waals surface area contributed by atoms with Gasteiger partial charge in [0.15, 0.2) is 0 Å². The molecule has 2 N–H and O–H groups in total. The molecule has 0 radical (unpaired) electrons. The summed E-state index contributed by atoms with van der Waals surface area (Å²) in [5.41, 5.74) is 1.46. The summed E-state index contributed by atoms with van der Waals surface area (Å²) in [6.45, 7) is 0. The van der Waals surface area contributed by atoms with Gasteiger partial charge in [-0.25, -0.2) is 9.36 Å². The molecule has 0 aliphatic heterocycles. The molecule has 0 atom stereocenters. The van der Waals surface area contributed by atoms with E-state index in [2.05, 4.69) is 4.98 Å². The van der Waals surface area contributed by atoms with Crippen molar-refractivity contribution < 1.29 is 5.11 Å². The van der Waals surface area contributed by atoms with Crippen molar-refractivity contribution in [2.75, 3.05) is 0 Å². The van der Waals surface area contributed by atoms with E-state index in [-0.39, 0.29) is 11.6 Å². The Morgan fingerprint density at radius 3 is 2.60 bits per heavy atom. The van der Waals surface area contributed by atoms with E-state index < -0.39 is 0 Å². The number of aromatic nitrogens is 2. The summed E-state index contributed by atoms with van der Waals surface area (Å²) in [7, 11) is 0. The SMILES string of the molecule is O=c1[nH]c(CCc2ccccc2)c(O)n1-c1cccs1. The molecule has 0 fully saturated rings. The van der Waals surface area contributed by atoms with E-state index >= 15 is 0 Å². The highest BCUT2D eigenvalue weighted by Gasteiger charge is 2.14. The first-order valence-corrected chi connectivity index (χ1v) is 7.24. The highest BCUT2D eigenvalue weighted by Crippen LogP contribution is 2.22. The number of rotatable bonds is 4. The van der Waals surface area contributed by atoms with Crippen LogP contribution in [-0.2, 0) is 12.8 Å². The Morgan fingerprint density at radius 1 is 1.10 bits per heavy atom. The summed E-state index contributed by atoms with van der Waals surface area (Å²) in [6, 6.07) is 13.7. The minimum Gasteiger partial charge on any atom is -0.493 e. The molecule has 4 nitrogen and oxygen atoms in total. The molecule has 0 amide bonds. The lowest BCUT2D eigenvalue weighted by molar-refractivity contribution is 0.435. The predicted octanol–water partition coefficient (Wildman–Crippen LogP) is 2.72. The average molecular weight is 286 g/mol. The number of hydrogen-bond acceptors (Lipinski definition) is 3. The molecule has 102 valence electrons. The molecule has 20 heavy (non-hydrogen) atoms. The van der Waals surface area contributed by atoms with Crippen LogP contribution in [0.3, 0.4) is 0 Å². The molecule has 3 rings (SSSR count). The van der Waals surface area contributed by atoms with Gasteiger partial charge in [-0.2, -0.15) is 0 Å². The van der Waals surface area contributed by atoms with Crippen LogP contribution in [0.25, 0.3) is 5.00 Å². The van der Waals surface area contributed by atoms with Crippen LogP contribution in [-0.4, -0.2) is 14.7 Å². The zero-order valence-electron chi connectivity index (χ0n) is 10.7. The van der Waals surface area contributed by atoms with Crippen LogP contribution in [0, 0.1) is 0 Å². The number of aryl methyl sites for hydroxylation is 2. The van der Waals surface area contributed by atoms with Crippen molar-refractivity contribution in [3.63, 3.8) is 0 Å². The molecule has 0 bridgehead atoms. The second-order valence-corrected chi connectivity index (χ2v) is 5.43. The summed E-state index contributed by atoms with van der Waals surface area (Å²) in [5, 5.41) is 12.8. The third kappa shape index (κ3) is 2.40. The van der Waals surface area contributed by atoms with Gasteiger partial charge in [0.1, 0.15) is 5.00 Å². The average Bonchev–Trinajstić information content (AvgIpc) is 3.06. The zero-order chi connectivity index (χ0) is 13.9. The molecule has 5 heteroatoms. The smallest absolute Gasteiger partial charge is 0.333 e. The number of aromatic amines is 1. The van der Waals surface area contributed by atoms with E-state index in [0.29, 0.717) is 12.1 Å². The number of thiophene rings is 1. The van der Waals surface area contributed by atoms with Gasteiger partial charge in [0, 0.05) is 0 Å². The third-order valence-electron chi connectivity index (χ3n) is 3.18. The highest BCUT2D eigenvalue weighted by molar-refractivity contribution is 7.12. The van der Waals surface area contributed by atoms with Gasteiger partial charge < -0.3 is 10.1 Å². The fraction of sp³-hybridized carbons (Fsp3) is 0.133. The van der Waals surface area contributed by atoms with Crippen molar-refractivity contribution >= 4 is 11.3 Å². The summed E-state index contributed by atoms with van der Waals surface area (Å²) >= 11 is 1.42. The molecule has 3 aromatic rings. The minimum atomic E-state index is -0.298. The van der Waals surface area contributed by atoms with Crippen LogP contribution in [0.4, 0.5) is 0 Å². The number of hydrogen-bond donors (Lipinski definition) is 2. The highest BCUT2D eigenvalue weighted by atomic mass is 32.1. The van der Waals surface area contributed by atoms with E-state index in [0.717, 1.165) is 11.4 Å². The van der Waals surface area contributed by atoms with Gasteiger partial charge in [0.05, 0.1) is 5.69 Å². The standard InChI is InChI=1S/C15H14N2O2S/c18-14-12(9-8-11-5-2-1-3-6-11)16-15(19)17(14)13-7-4-10-20-13/h1-7,10,18H,8-9H2,(H,16,19). The van der Waals surface area contributed by atoms with Gasteiger partial charge in [-0.05, 0) is 35.9 Å². The molecular formula is C15H14N2O2S. The van der Waals surface area contributed by atoms with E-state index in [1.165, 1.54) is 21.5 Å². The quantitative estimate of drug-likeness (QED) is 0.774. The minimum absolute atomic E-state index is 0.00776. The van der Waals surface area contributed by atoms with E-state index in [9.17, 15) is 9.90 Å². The summed E-state index contributed by atoms with van der Waals surface area (Å²) in [4.78, 5) is 14.7. The normalized spacial score (nSPS) is 10.8. The maximum Gasteiger partial charge on any atom is 0.333 e. The summed E-state index contributed by atoms with van der Waals surface area (Å²) < 4.78 is 1.31. The van der Waals surface area contributed by atoms with Gasteiger partial charge in [0.25, 0.3) is 0 Å². The molecule has 0 unspecified atom stereocenters. The number of imidazole rings is 1. The van der Waals surface area contributed by atoms with Gasteiger partial charge in [-0.3, -0.25) is 0 Å². The fourth-order valence-corrected chi connectivity index (χ4v) is 2.89. The Balaban J connectivity index is 1.85. The van der Waals surface area contributed by atoms with Gasteiger partial charge in [-0.15, -0.1) is 11.3 Å². The van der Waals surface area contributed by atoms with Crippen LogP contribution < -0.4 is 5.69 Å². The molecule has 1 aromatic carbocycles. The predicted molar refractivity (Wildman–Crippen MR) is 79.8 cm³/mol. The Bertz CT molecular complexity index is 742. The Kier molecular flexibility index (Phi) is 3.43. The molecule has 0 saturated heterocycles. The monoisotopic (exact) mass is 286 g/mol. The number of nitrogens with one attached hydrogen (secondary N) is 1. The Hall–Kier alpha value is -2.27. The first-order valence-electron chi connectivity index (χ1n) is 6.36.